The van der Waals surface area contributed by atoms with E-state index in [2.05, 4.69) is 77.8 Å². The summed E-state index contributed by atoms with van der Waals surface area (Å²) in [5, 5.41) is 31.0. The summed E-state index contributed by atoms with van der Waals surface area (Å²) < 4.78 is 56.6. The maximum absolute atomic E-state index is 12.9. The molecule has 1 aliphatic heterocycles. The largest absolute Gasteiger partial charge is 0.481 e. The molecule has 1 aliphatic rings. The van der Waals surface area contributed by atoms with Gasteiger partial charge < -0.3 is 45.1 Å². The molecule has 8 atom stereocenters. The SMILES string of the molecule is CC/C=C\C/C=C\C/C=C\C/C=C\CCCCCCC(=O)O[C@H](COC(=O)CCC/C=C\C/C=C\C=C\[C@H](O)C/C=C\CCCCC)COP(=O)(O)OP(=O)(O)OC[C@H]1O[C@@H](n2ccc(N)nc2=O)[C@H](O)[C@@H]1O. The predicted molar refractivity (Wildman–Crippen MR) is 281 cm³/mol. The molecule has 2 rings (SSSR count). The number of allylic oxidation sites excluding steroid dienone is 14. The van der Waals surface area contributed by atoms with Crippen molar-refractivity contribution in [3.8, 4) is 0 Å². The predicted octanol–water partition coefficient (Wildman–Crippen LogP) is 9.41. The number of aliphatic hydroxyl groups excluding tert-OH is 3. The minimum Gasteiger partial charge on any atom is -0.462 e. The summed E-state index contributed by atoms with van der Waals surface area (Å²) >= 11 is 0. The van der Waals surface area contributed by atoms with Crippen LogP contribution in [0.5, 0.6) is 0 Å². The van der Waals surface area contributed by atoms with Crippen molar-refractivity contribution in [3.05, 3.63) is 120 Å². The van der Waals surface area contributed by atoms with Crippen molar-refractivity contribution in [3.63, 3.8) is 0 Å². The third-order valence-corrected chi connectivity index (χ3v) is 13.3. The maximum Gasteiger partial charge on any atom is 0.481 e. The van der Waals surface area contributed by atoms with Gasteiger partial charge in [-0.3, -0.25) is 23.2 Å². The molecular formula is C52H81N3O16P2. The van der Waals surface area contributed by atoms with E-state index < -0.39 is 89.8 Å². The number of anilines is 1. The smallest absolute Gasteiger partial charge is 0.462 e. The standard InChI is InChI=1S/C52H81N3O16P2/c1-3-5-7-9-11-12-13-14-15-16-17-18-19-20-25-29-33-37-48(58)69-44(40-66-47(57)36-32-28-24-22-21-23-27-31-35-43(56)34-30-26-10-8-6-4-2)41-67-72(62,63)71-73(64,65)68-42-45-49(59)50(60)51(70-45)55-39-38-46(53)54-52(55)61/h5,7,11-12,14-15,17-18,22-24,26-27,30-31,35,38-39,43-45,49-51,56,59-60H,3-4,6,8-10,13,16,19-21,25,28-29,32-34,36-37,40-42H2,1-2H3,(H,62,63)(H,64,65)(H2,53,54,61)/b7-5-,12-11-,15-14-,18-17-,24-22-,27-23-,30-26-,35-31+/t43-,44-,45-,49-,50-,51-/m1/s1. The second-order valence-corrected chi connectivity index (χ2v) is 20.2. The van der Waals surface area contributed by atoms with Gasteiger partial charge in [-0.2, -0.15) is 9.29 Å². The number of phosphoric acid groups is 2. The number of unbranched alkanes of at least 4 members (excludes halogenated alkanes) is 8. The molecule has 2 heterocycles. The molecule has 73 heavy (non-hydrogen) atoms. The van der Waals surface area contributed by atoms with Gasteiger partial charge >= 0.3 is 33.3 Å². The van der Waals surface area contributed by atoms with Gasteiger partial charge in [0.15, 0.2) is 12.3 Å². The van der Waals surface area contributed by atoms with E-state index in [1.54, 1.807) is 12.2 Å². The lowest BCUT2D eigenvalue weighted by Crippen LogP contribution is -2.36. The Morgan fingerprint density at radius 1 is 0.740 bits per heavy atom. The highest BCUT2D eigenvalue weighted by molar-refractivity contribution is 7.61. The fraction of sp³-hybridized carbons (Fsp3) is 0.577. The quantitative estimate of drug-likeness (QED) is 0.0117. The van der Waals surface area contributed by atoms with Crippen molar-refractivity contribution >= 4 is 33.4 Å². The Morgan fingerprint density at radius 3 is 2.00 bits per heavy atom. The molecule has 0 aromatic carbocycles. The van der Waals surface area contributed by atoms with Crippen LogP contribution in [0.1, 0.15) is 142 Å². The summed E-state index contributed by atoms with van der Waals surface area (Å²) in [7, 11) is -10.9. The number of carbonyl (C=O) groups excluding carboxylic acids is 2. The van der Waals surface area contributed by atoms with Gasteiger partial charge in [0.2, 0.25) is 0 Å². The lowest BCUT2D eigenvalue weighted by atomic mass is 10.1. The third kappa shape index (κ3) is 31.9. The Hall–Kier alpha value is -4.36. The molecule has 1 saturated heterocycles. The average Bonchev–Trinajstić information content (AvgIpc) is 3.62. The topological polar surface area (TPSA) is 286 Å². The number of hydrogen-bond donors (Lipinski definition) is 6. The van der Waals surface area contributed by atoms with E-state index in [4.69, 9.17) is 29.0 Å². The number of esters is 2. The van der Waals surface area contributed by atoms with Crippen molar-refractivity contribution in [1.29, 1.82) is 0 Å². The second kappa shape index (κ2) is 39.1. The highest BCUT2D eigenvalue weighted by atomic mass is 31.3. The minimum absolute atomic E-state index is 0.00766. The molecule has 1 aromatic heterocycles. The van der Waals surface area contributed by atoms with Crippen molar-refractivity contribution in [2.75, 3.05) is 25.6 Å². The monoisotopic (exact) mass is 1070 g/mol. The Balaban J connectivity index is 1.86. The van der Waals surface area contributed by atoms with Crippen LogP contribution in [0, 0.1) is 0 Å². The number of ether oxygens (including phenoxy) is 3. The average molecular weight is 1070 g/mol. The highest BCUT2D eigenvalue weighted by Crippen LogP contribution is 2.60. The van der Waals surface area contributed by atoms with E-state index in [0.29, 0.717) is 32.1 Å². The van der Waals surface area contributed by atoms with Crippen molar-refractivity contribution in [2.45, 2.75) is 173 Å². The van der Waals surface area contributed by atoms with Crippen LogP contribution in [0.15, 0.2) is 114 Å². The fourth-order valence-corrected chi connectivity index (χ4v) is 8.90. The number of nitrogens with two attached hydrogens (primary N) is 1. The van der Waals surface area contributed by atoms with Gasteiger partial charge in [-0.15, -0.1) is 0 Å². The first-order valence-electron chi connectivity index (χ1n) is 25.4. The molecule has 19 nitrogen and oxygen atoms in total. The Kier molecular flexibility index (Phi) is 34.7. The first-order valence-corrected chi connectivity index (χ1v) is 28.3. The summed E-state index contributed by atoms with van der Waals surface area (Å²) in [5.41, 5.74) is 4.57. The zero-order valence-electron chi connectivity index (χ0n) is 42.5. The molecule has 21 heteroatoms. The number of nitrogen functional groups attached to an aromatic ring is 1. The van der Waals surface area contributed by atoms with Crippen LogP contribution in [0.2, 0.25) is 0 Å². The van der Waals surface area contributed by atoms with Gasteiger partial charge in [0, 0.05) is 19.0 Å². The number of nitrogens with zero attached hydrogens (tertiary/aromatic N) is 2. The van der Waals surface area contributed by atoms with Crippen LogP contribution in [-0.4, -0.2) is 96.9 Å². The highest BCUT2D eigenvalue weighted by Gasteiger charge is 2.46. The lowest BCUT2D eigenvalue weighted by molar-refractivity contribution is -0.161. The van der Waals surface area contributed by atoms with E-state index in [9.17, 15) is 48.6 Å². The third-order valence-electron chi connectivity index (χ3n) is 10.7. The van der Waals surface area contributed by atoms with Crippen molar-refractivity contribution in [1.82, 2.24) is 9.55 Å². The molecule has 410 valence electrons. The van der Waals surface area contributed by atoms with Crippen LogP contribution < -0.4 is 11.4 Å². The van der Waals surface area contributed by atoms with Crippen LogP contribution in [0.3, 0.4) is 0 Å². The van der Waals surface area contributed by atoms with Gasteiger partial charge in [0.25, 0.3) is 0 Å². The molecule has 1 aromatic rings. The maximum atomic E-state index is 12.9. The lowest BCUT2D eigenvalue weighted by Gasteiger charge is -2.21. The van der Waals surface area contributed by atoms with Gasteiger partial charge in [-0.05, 0) is 89.5 Å². The molecule has 0 radical (unpaired) electrons. The van der Waals surface area contributed by atoms with E-state index in [1.807, 2.05) is 30.4 Å². The summed E-state index contributed by atoms with van der Waals surface area (Å²) in [6.07, 6.45) is 39.5. The number of carbonyl (C=O) groups is 2. The van der Waals surface area contributed by atoms with E-state index >= 15 is 0 Å². The molecule has 7 N–H and O–H groups in total. The van der Waals surface area contributed by atoms with Crippen LogP contribution in [0.4, 0.5) is 5.82 Å². The van der Waals surface area contributed by atoms with Gasteiger partial charge in [0.1, 0.15) is 30.7 Å². The summed E-state index contributed by atoms with van der Waals surface area (Å²) in [5.74, 6) is -1.45. The zero-order valence-corrected chi connectivity index (χ0v) is 44.3. The molecule has 0 saturated carbocycles. The zero-order chi connectivity index (χ0) is 53.6. The Labute approximate surface area is 431 Å². The normalized spacial score (nSPS) is 20.2. The molecule has 0 amide bonds. The summed E-state index contributed by atoms with van der Waals surface area (Å²) in [4.78, 5) is 61.9. The number of aliphatic hydroxyl groups is 3. The Bertz CT molecular complexity index is 2120. The van der Waals surface area contributed by atoms with Crippen LogP contribution in [-0.2, 0) is 46.3 Å². The first-order chi connectivity index (χ1) is 35.1. The molecule has 0 bridgehead atoms. The van der Waals surface area contributed by atoms with Crippen molar-refractivity contribution in [2.24, 2.45) is 0 Å². The second-order valence-electron chi connectivity index (χ2n) is 17.1. The van der Waals surface area contributed by atoms with Gasteiger partial charge in [0.05, 0.1) is 19.3 Å². The molecular weight excluding hydrogens is 985 g/mol. The first kappa shape index (κ1) is 64.8. The molecule has 2 unspecified atom stereocenters. The van der Waals surface area contributed by atoms with E-state index in [-0.39, 0.29) is 18.7 Å². The van der Waals surface area contributed by atoms with Crippen LogP contribution in [0.25, 0.3) is 0 Å². The van der Waals surface area contributed by atoms with Gasteiger partial charge in [-0.1, -0.05) is 137 Å². The molecule has 1 fully saturated rings. The molecule has 0 aliphatic carbocycles. The fourth-order valence-electron chi connectivity index (χ4n) is 6.79. The van der Waals surface area contributed by atoms with E-state index in [0.717, 1.165) is 75.0 Å². The van der Waals surface area contributed by atoms with Crippen molar-refractivity contribution < 1.29 is 71.4 Å². The Morgan fingerprint density at radius 2 is 1.33 bits per heavy atom. The number of aromatic nitrogens is 2. The number of rotatable bonds is 40. The minimum atomic E-state index is -5.46. The number of phosphoric ester groups is 2. The summed E-state index contributed by atoms with van der Waals surface area (Å²) in [6.45, 7) is 1.84. The van der Waals surface area contributed by atoms with E-state index in [1.165, 1.54) is 18.9 Å². The summed E-state index contributed by atoms with van der Waals surface area (Å²) in [6, 6.07) is 1.24. The molecule has 0 spiro atoms. The number of hydrogen-bond acceptors (Lipinski definition) is 16. The van der Waals surface area contributed by atoms with Crippen LogP contribution >= 0.6 is 15.6 Å². The van der Waals surface area contributed by atoms with Gasteiger partial charge in [-0.25, -0.2) is 13.9 Å².